The van der Waals surface area contributed by atoms with Gasteiger partial charge < -0.3 is 5.11 Å². The number of nitrogens with zero attached hydrogens (tertiary/aromatic N) is 2. The molecule has 1 N–H and O–H groups in total. The Morgan fingerprint density at radius 2 is 1.67 bits per heavy atom. The highest BCUT2D eigenvalue weighted by Crippen LogP contribution is 2.51. The first-order valence-corrected chi connectivity index (χ1v) is 12.2. The molecule has 2 aromatic rings. The monoisotopic (exact) mass is 482 g/mol. The number of hydrogen-bond donors (Lipinski definition) is 1. The second-order valence-corrected chi connectivity index (χ2v) is 10.6. The highest BCUT2D eigenvalue weighted by molar-refractivity contribution is 7.89. The van der Waals surface area contributed by atoms with Gasteiger partial charge in [0.25, 0.3) is 0 Å². The molecule has 1 spiro atoms. The van der Waals surface area contributed by atoms with Crippen molar-refractivity contribution in [1.29, 1.82) is 0 Å². The van der Waals surface area contributed by atoms with Gasteiger partial charge in [-0.2, -0.15) is 17.5 Å². The highest BCUT2D eigenvalue weighted by Gasteiger charge is 2.57. The number of halogens is 3. The molecule has 2 fully saturated rings. The second-order valence-electron chi connectivity index (χ2n) is 8.76. The van der Waals surface area contributed by atoms with Crippen molar-refractivity contribution < 1.29 is 31.5 Å². The van der Waals surface area contributed by atoms with Crippen molar-refractivity contribution in [2.24, 2.45) is 5.92 Å². The third-order valence-electron chi connectivity index (χ3n) is 6.37. The van der Waals surface area contributed by atoms with E-state index in [0.29, 0.717) is 17.4 Å². The van der Waals surface area contributed by atoms with E-state index in [1.54, 1.807) is 6.07 Å². The number of carboxylic acid groups (broad SMARTS) is 1. The van der Waals surface area contributed by atoms with Crippen LogP contribution in [-0.4, -0.2) is 54.5 Å². The third-order valence-corrected chi connectivity index (χ3v) is 8.36. The SMILES string of the molecule is O=C(O)C(F)(F)F.O=S1(=O)c2ccccc2C2(CCN(Cc3ccccc3)C2)N1CC1CC1. The fourth-order valence-corrected chi connectivity index (χ4v) is 6.78. The fourth-order valence-electron chi connectivity index (χ4n) is 4.64. The molecule has 1 aliphatic carbocycles. The van der Waals surface area contributed by atoms with Gasteiger partial charge in [0.05, 0.1) is 10.4 Å². The summed E-state index contributed by atoms with van der Waals surface area (Å²) in [7, 11) is -3.38. The largest absolute Gasteiger partial charge is 0.490 e. The van der Waals surface area contributed by atoms with E-state index in [-0.39, 0.29) is 5.54 Å². The highest BCUT2D eigenvalue weighted by atomic mass is 32.2. The van der Waals surface area contributed by atoms with Gasteiger partial charge in [-0.05, 0) is 42.4 Å². The summed E-state index contributed by atoms with van der Waals surface area (Å²) in [5, 5.41) is 7.12. The average molecular weight is 483 g/mol. The number of likely N-dealkylation sites (tertiary alicyclic amines) is 1. The first kappa shape index (κ1) is 23.7. The summed E-state index contributed by atoms with van der Waals surface area (Å²) >= 11 is 0. The number of hydrogen-bond acceptors (Lipinski definition) is 4. The van der Waals surface area contributed by atoms with Crippen LogP contribution in [-0.2, 0) is 26.9 Å². The van der Waals surface area contributed by atoms with E-state index in [1.807, 2.05) is 28.6 Å². The summed E-state index contributed by atoms with van der Waals surface area (Å²) in [5.41, 5.74) is 1.91. The first-order valence-electron chi connectivity index (χ1n) is 10.7. The Hall–Kier alpha value is -2.43. The summed E-state index contributed by atoms with van der Waals surface area (Å²) < 4.78 is 60.2. The Kier molecular flexibility index (Phi) is 6.28. The molecule has 2 aromatic carbocycles. The molecule has 6 nitrogen and oxygen atoms in total. The Labute approximate surface area is 190 Å². The Morgan fingerprint density at radius 1 is 1.06 bits per heavy atom. The summed E-state index contributed by atoms with van der Waals surface area (Å²) in [4.78, 5) is 11.8. The van der Waals surface area contributed by atoms with Crippen molar-refractivity contribution in [2.75, 3.05) is 19.6 Å². The number of sulfonamides is 1. The summed E-state index contributed by atoms with van der Waals surface area (Å²) in [5.74, 6) is -2.22. The van der Waals surface area contributed by atoms with E-state index in [1.165, 1.54) is 5.56 Å². The van der Waals surface area contributed by atoms with Gasteiger partial charge in [-0.15, -0.1) is 0 Å². The van der Waals surface area contributed by atoms with Crippen LogP contribution in [0.15, 0.2) is 59.5 Å². The molecular formula is C23H25F3N2O4S. The lowest BCUT2D eigenvalue weighted by atomic mass is 9.88. The zero-order chi connectivity index (χ0) is 23.9. The van der Waals surface area contributed by atoms with Crippen molar-refractivity contribution in [3.05, 3.63) is 65.7 Å². The first-order chi connectivity index (χ1) is 15.5. The van der Waals surface area contributed by atoms with E-state index >= 15 is 0 Å². The molecule has 33 heavy (non-hydrogen) atoms. The van der Waals surface area contributed by atoms with Crippen molar-refractivity contribution in [3.63, 3.8) is 0 Å². The number of aliphatic carboxylic acids is 1. The van der Waals surface area contributed by atoms with Crippen LogP contribution in [0.3, 0.4) is 0 Å². The molecule has 1 unspecified atom stereocenters. The molecule has 1 saturated heterocycles. The molecule has 10 heteroatoms. The lowest BCUT2D eigenvalue weighted by Gasteiger charge is -2.34. The maximum Gasteiger partial charge on any atom is 0.490 e. The van der Waals surface area contributed by atoms with Crippen molar-refractivity contribution in [1.82, 2.24) is 9.21 Å². The molecule has 1 atom stereocenters. The number of carbonyl (C=O) groups is 1. The number of fused-ring (bicyclic) bond motifs is 2. The Bertz CT molecular complexity index is 1120. The van der Waals surface area contributed by atoms with Gasteiger partial charge in [-0.1, -0.05) is 48.5 Å². The van der Waals surface area contributed by atoms with Crippen molar-refractivity contribution in [3.8, 4) is 0 Å². The molecule has 0 aromatic heterocycles. The van der Waals surface area contributed by atoms with E-state index in [0.717, 1.165) is 44.5 Å². The third kappa shape index (κ3) is 4.78. The Morgan fingerprint density at radius 3 is 2.27 bits per heavy atom. The summed E-state index contributed by atoms with van der Waals surface area (Å²) in [6.07, 6.45) is -1.89. The fraction of sp³-hybridized carbons (Fsp3) is 0.435. The zero-order valence-electron chi connectivity index (χ0n) is 17.8. The molecule has 3 aliphatic rings. The lowest BCUT2D eigenvalue weighted by molar-refractivity contribution is -0.192. The van der Waals surface area contributed by atoms with Gasteiger partial charge in [0.1, 0.15) is 0 Å². The van der Waals surface area contributed by atoms with Crippen LogP contribution in [0.4, 0.5) is 13.2 Å². The predicted molar refractivity (Wildman–Crippen MR) is 115 cm³/mol. The van der Waals surface area contributed by atoms with E-state index in [9.17, 15) is 21.6 Å². The number of benzene rings is 2. The van der Waals surface area contributed by atoms with Gasteiger partial charge in [0, 0.05) is 26.2 Å². The van der Waals surface area contributed by atoms with E-state index < -0.39 is 22.2 Å². The summed E-state index contributed by atoms with van der Waals surface area (Å²) in [6.45, 7) is 3.27. The molecular weight excluding hydrogens is 457 g/mol. The van der Waals surface area contributed by atoms with Crippen LogP contribution in [0.1, 0.15) is 30.4 Å². The topological polar surface area (TPSA) is 77.9 Å². The molecule has 5 rings (SSSR count). The van der Waals surface area contributed by atoms with Gasteiger partial charge in [-0.3, -0.25) is 4.90 Å². The van der Waals surface area contributed by atoms with Gasteiger partial charge in [0.2, 0.25) is 10.0 Å². The maximum atomic E-state index is 13.3. The lowest BCUT2D eigenvalue weighted by Crippen LogP contribution is -2.46. The second kappa shape index (κ2) is 8.73. The maximum absolute atomic E-state index is 13.3. The quantitative estimate of drug-likeness (QED) is 0.717. The Balaban J connectivity index is 0.000000325. The minimum Gasteiger partial charge on any atom is -0.475 e. The molecule has 0 radical (unpaired) electrons. The smallest absolute Gasteiger partial charge is 0.475 e. The average Bonchev–Trinajstić information content (AvgIpc) is 3.47. The van der Waals surface area contributed by atoms with Gasteiger partial charge in [0.15, 0.2) is 0 Å². The minimum atomic E-state index is -5.08. The molecule has 0 bridgehead atoms. The van der Waals surface area contributed by atoms with Crippen LogP contribution >= 0.6 is 0 Å². The summed E-state index contributed by atoms with van der Waals surface area (Å²) in [6, 6.07) is 18.1. The van der Waals surface area contributed by atoms with Crippen LogP contribution in [0.2, 0.25) is 0 Å². The van der Waals surface area contributed by atoms with E-state index in [4.69, 9.17) is 9.90 Å². The van der Waals surface area contributed by atoms with Crippen LogP contribution in [0.5, 0.6) is 0 Å². The van der Waals surface area contributed by atoms with E-state index in [2.05, 4.69) is 29.2 Å². The molecule has 2 aliphatic heterocycles. The molecule has 0 amide bonds. The zero-order valence-corrected chi connectivity index (χ0v) is 18.6. The van der Waals surface area contributed by atoms with Crippen molar-refractivity contribution in [2.45, 2.75) is 42.4 Å². The normalized spacial score (nSPS) is 24.3. The van der Waals surface area contributed by atoms with Crippen molar-refractivity contribution >= 4 is 16.0 Å². The van der Waals surface area contributed by atoms with Crippen LogP contribution < -0.4 is 0 Å². The molecule has 2 heterocycles. The number of rotatable bonds is 4. The van der Waals surface area contributed by atoms with Crippen LogP contribution in [0, 0.1) is 5.92 Å². The van der Waals surface area contributed by atoms with Gasteiger partial charge >= 0.3 is 12.1 Å². The van der Waals surface area contributed by atoms with Crippen LogP contribution in [0.25, 0.3) is 0 Å². The number of carboxylic acids is 1. The minimum absolute atomic E-state index is 0.382. The predicted octanol–water partition coefficient (Wildman–Crippen LogP) is 3.84. The standard InChI is InChI=1S/C21H24N2O2S.C2HF3O2/c24-26(25)20-9-5-4-8-19(20)21(23(26)15-18-10-11-18)12-13-22(16-21)14-17-6-2-1-3-7-17;3-2(4,5)1(6)7/h1-9,18H,10-16H2;(H,6,7). The molecule has 1 saturated carbocycles. The van der Waals surface area contributed by atoms with Gasteiger partial charge in [-0.25, -0.2) is 13.2 Å². The number of alkyl halides is 3. The molecule has 178 valence electrons.